The van der Waals surface area contributed by atoms with Crippen LogP contribution in [-0.4, -0.2) is 9.78 Å². The third-order valence-electron chi connectivity index (χ3n) is 3.67. The Morgan fingerprint density at radius 3 is 2.00 bits per heavy atom. The maximum atomic E-state index is 4.77. The van der Waals surface area contributed by atoms with Crippen molar-refractivity contribution >= 4 is 0 Å². The lowest BCUT2D eigenvalue weighted by Crippen LogP contribution is -2.01. The van der Waals surface area contributed by atoms with E-state index in [9.17, 15) is 0 Å². The van der Waals surface area contributed by atoms with Crippen LogP contribution in [0.3, 0.4) is 0 Å². The van der Waals surface area contributed by atoms with Gasteiger partial charge in [0.2, 0.25) is 0 Å². The number of hydrogen-bond donors (Lipinski definition) is 0. The van der Waals surface area contributed by atoms with Crippen LogP contribution in [0.4, 0.5) is 0 Å². The molecule has 0 amide bonds. The number of unbranched alkanes of at least 4 members (excludes halogenated alkanes) is 3. The number of hydrogen-bond acceptors (Lipinski definition) is 1. The van der Waals surface area contributed by atoms with Crippen molar-refractivity contribution in [1.29, 1.82) is 0 Å². The molecule has 0 saturated heterocycles. The minimum Gasteiger partial charge on any atom is -0.272 e. The SMILES string of the molecule is CCCCc1nn(C)c(CCCC)c1CCCC. The lowest BCUT2D eigenvalue weighted by atomic mass is 10.00. The number of nitrogens with zero attached hydrogens (tertiary/aromatic N) is 2. The summed E-state index contributed by atoms with van der Waals surface area (Å²) in [6.45, 7) is 6.79. The fraction of sp³-hybridized carbons (Fsp3) is 0.812. The van der Waals surface area contributed by atoms with Crippen molar-refractivity contribution in [2.45, 2.75) is 78.6 Å². The predicted octanol–water partition coefficient (Wildman–Crippen LogP) is 4.45. The van der Waals surface area contributed by atoms with Crippen LogP contribution in [-0.2, 0) is 26.3 Å². The third kappa shape index (κ3) is 4.15. The Hall–Kier alpha value is -0.790. The minimum atomic E-state index is 1.16. The average molecular weight is 250 g/mol. The van der Waals surface area contributed by atoms with Gasteiger partial charge in [-0.3, -0.25) is 4.68 Å². The fourth-order valence-electron chi connectivity index (χ4n) is 2.51. The maximum absolute atomic E-state index is 4.77. The van der Waals surface area contributed by atoms with Gasteiger partial charge in [0, 0.05) is 12.7 Å². The highest BCUT2D eigenvalue weighted by Gasteiger charge is 2.14. The molecule has 0 spiro atoms. The van der Waals surface area contributed by atoms with Crippen LogP contribution in [0.1, 0.15) is 76.2 Å². The first-order valence-corrected chi connectivity index (χ1v) is 7.78. The molecule has 0 aliphatic heterocycles. The first kappa shape index (κ1) is 15.3. The highest BCUT2D eigenvalue weighted by molar-refractivity contribution is 5.27. The van der Waals surface area contributed by atoms with Gasteiger partial charge in [0.05, 0.1) is 5.69 Å². The molecule has 0 radical (unpaired) electrons. The van der Waals surface area contributed by atoms with E-state index >= 15 is 0 Å². The van der Waals surface area contributed by atoms with E-state index in [1.165, 1.54) is 62.8 Å². The second-order valence-electron chi connectivity index (χ2n) is 5.31. The Balaban J connectivity index is 2.86. The average Bonchev–Trinajstić information content (AvgIpc) is 2.67. The first-order chi connectivity index (χ1) is 8.74. The molecule has 0 aliphatic rings. The number of aromatic nitrogens is 2. The van der Waals surface area contributed by atoms with Gasteiger partial charge in [0.1, 0.15) is 0 Å². The molecule has 0 bridgehead atoms. The maximum Gasteiger partial charge on any atom is 0.0659 e. The molecular formula is C16H30N2. The van der Waals surface area contributed by atoms with E-state index in [0.717, 1.165) is 6.42 Å². The summed E-state index contributed by atoms with van der Waals surface area (Å²) in [5, 5.41) is 4.77. The molecule has 18 heavy (non-hydrogen) atoms. The summed E-state index contributed by atoms with van der Waals surface area (Å²) < 4.78 is 2.14. The summed E-state index contributed by atoms with van der Waals surface area (Å²) in [6.07, 6.45) is 11.2. The quantitative estimate of drug-likeness (QED) is 0.633. The van der Waals surface area contributed by atoms with E-state index in [0.29, 0.717) is 0 Å². The van der Waals surface area contributed by atoms with E-state index in [2.05, 4.69) is 32.5 Å². The van der Waals surface area contributed by atoms with Crippen LogP contribution in [0.15, 0.2) is 0 Å². The van der Waals surface area contributed by atoms with Gasteiger partial charge in [0.25, 0.3) is 0 Å². The van der Waals surface area contributed by atoms with Gasteiger partial charge >= 0.3 is 0 Å². The van der Waals surface area contributed by atoms with Crippen LogP contribution < -0.4 is 0 Å². The van der Waals surface area contributed by atoms with Crippen molar-refractivity contribution in [1.82, 2.24) is 9.78 Å². The van der Waals surface area contributed by atoms with Crippen LogP contribution in [0.5, 0.6) is 0 Å². The van der Waals surface area contributed by atoms with Crippen molar-refractivity contribution in [2.24, 2.45) is 7.05 Å². The summed E-state index contributed by atoms with van der Waals surface area (Å²) >= 11 is 0. The predicted molar refractivity (Wildman–Crippen MR) is 79.0 cm³/mol. The number of rotatable bonds is 9. The molecule has 1 rings (SSSR count). The molecule has 0 saturated carbocycles. The third-order valence-corrected chi connectivity index (χ3v) is 3.67. The minimum absolute atomic E-state index is 1.16. The summed E-state index contributed by atoms with van der Waals surface area (Å²) in [5.41, 5.74) is 4.44. The van der Waals surface area contributed by atoms with Gasteiger partial charge in [-0.05, 0) is 44.1 Å². The molecule has 0 unspecified atom stereocenters. The van der Waals surface area contributed by atoms with Crippen molar-refractivity contribution in [3.8, 4) is 0 Å². The van der Waals surface area contributed by atoms with Crippen LogP contribution in [0, 0.1) is 0 Å². The molecule has 2 nitrogen and oxygen atoms in total. The zero-order chi connectivity index (χ0) is 13.4. The zero-order valence-corrected chi connectivity index (χ0v) is 12.8. The van der Waals surface area contributed by atoms with Crippen molar-refractivity contribution < 1.29 is 0 Å². The molecule has 0 fully saturated rings. The van der Waals surface area contributed by atoms with Gasteiger partial charge in [0.15, 0.2) is 0 Å². The Kier molecular flexibility index (Phi) is 7.07. The van der Waals surface area contributed by atoms with Gasteiger partial charge in [-0.2, -0.15) is 5.10 Å². The summed E-state index contributed by atoms with van der Waals surface area (Å²) in [7, 11) is 2.12. The topological polar surface area (TPSA) is 17.8 Å². The van der Waals surface area contributed by atoms with Crippen molar-refractivity contribution in [2.75, 3.05) is 0 Å². The van der Waals surface area contributed by atoms with E-state index < -0.39 is 0 Å². The molecule has 0 aliphatic carbocycles. The zero-order valence-electron chi connectivity index (χ0n) is 12.8. The fourth-order valence-corrected chi connectivity index (χ4v) is 2.51. The van der Waals surface area contributed by atoms with E-state index in [-0.39, 0.29) is 0 Å². The normalized spacial score (nSPS) is 11.1. The Bertz CT molecular complexity index is 339. The van der Waals surface area contributed by atoms with Crippen LogP contribution in [0.2, 0.25) is 0 Å². The molecule has 2 heteroatoms. The lowest BCUT2D eigenvalue weighted by Gasteiger charge is -2.06. The highest BCUT2D eigenvalue weighted by atomic mass is 15.3. The summed E-state index contributed by atoms with van der Waals surface area (Å²) in [4.78, 5) is 0. The summed E-state index contributed by atoms with van der Waals surface area (Å²) in [6, 6.07) is 0. The molecule has 1 heterocycles. The van der Waals surface area contributed by atoms with Gasteiger partial charge in [-0.15, -0.1) is 0 Å². The van der Waals surface area contributed by atoms with Crippen molar-refractivity contribution in [3.63, 3.8) is 0 Å². The summed E-state index contributed by atoms with van der Waals surface area (Å²) in [5.74, 6) is 0. The Morgan fingerprint density at radius 2 is 1.39 bits per heavy atom. The van der Waals surface area contributed by atoms with E-state index in [1.807, 2.05) is 0 Å². The standard InChI is InChI=1S/C16H30N2/c1-5-8-11-14-15(12-9-6-2)17-18(4)16(14)13-10-7-3/h5-13H2,1-4H3. The van der Waals surface area contributed by atoms with E-state index in [4.69, 9.17) is 5.10 Å². The first-order valence-electron chi connectivity index (χ1n) is 7.78. The van der Waals surface area contributed by atoms with Gasteiger partial charge in [-0.25, -0.2) is 0 Å². The Morgan fingerprint density at radius 1 is 0.833 bits per heavy atom. The van der Waals surface area contributed by atoms with Gasteiger partial charge < -0.3 is 0 Å². The molecule has 1 aromatic rings. The van der Waals surface area contributed by atoms with Crippen molar-refractivity contribution in [3.05, 3.63) is 17.0 Å². The highest BCUT2D eigenvalue weighted by Crippen LogP contribution is 2.20. The molecule has 0 N–H and O–H groups in total. The second-order valence-corrected chi connectivity index (χ2v) is 5.31. The molecule has 0 aromatic carbocycles. The Labute approximate surface area is 113 Å². The molecule has 104 valence electrons. The molecule has 1 aromatic heterocycles. The molecule has 0 atom stereocenters. The number of aryl methyl sites for hydroxylation is 2. The van der Waals surface area contributed by atoms with E-state index in [1.54, 1.807) is 5.56 Å². The van der Waals surface area contributed by atoms with Gasteiger partial charge in [-0.1, -0.05) is 40.0 Å². The lowest BCUT2D eigenvalue weighted by molar-refractivity contribution is 0.660. The van der Waals surface area contributed by atoms with Crippen LogP contribution in [0.25, 0.3) is 0 Å². The second kappa shape index (κ2) is 8.34. The molecular weight excluding hydrogens is 220 g/mol. The smallest absolute Gasteiger partial charge is 0.0659 e. The van der Waals surface area contributed by atoms with Crippen LogP contribution >= 0.6 is 0 Å². The largest absolute Gasteiger partial charge is 0.272 e. The monoisotopic (exact) mass is 250 g/mol.